The topological polar surface area (TPSA) is 80.3 Å². The molecule has 182 valence electrons. The number of nitrogens with one attached hydrogen (secondary N) is 1. The van der Waals surface area contributed by atoms with Gasteiger partial charge in [0.15, 0.2) is 11.5 Å². The van der Waals surface area contributed by atoms with Crippen LogP contribution in [0.2, 0.25) is 0 Å². The van der Waals surface area contributed by atoms with Gasteiger partial charge < -0.3 is 24.4 Å². The van der Waals surface area contributed by atoms with Crippen LogP contribution in [0.4, 0.5) is 10.5 Å². The predicted octanol–water partition coefficient (Wildman–Crippen LogP) is 4.25. The fourth-order valence-corrected chi connectivity index (χ4v) is 4.94. The molecule has 0 aromatic heterocycles. The quantitative estimate of drug-likeness (QED) is 0.709. The highest BCUT2D eigenvalue weighted by atomic mass is 16.7. The average Bonchev–Trinajstić information content (AvgIpc) is 3.32. The maximum Gasteiger partial charge on any atom is 0.410 e. The summed E-state index contributed by atoms with van der Waals surface area (Å²) in [5.41, 5.74) is 0.213. The lowest BCUT2D eigenvalue weighted by molar-refractivity contribution is -0.117. The molecule has 8 heteroatoms. The molecule has 4 rings (SSSR count). The van der Waals surface area contributed by atoms with E-state index >= 15 is 0 Å². The number of fused-ring (bicyclic) bond motifs is 1. The lowest BCUT2D eigenvalue weighted by Gasteiger charge is -2.34. The Hall–Kier alpha value is -2.48. The molecule has 1 aromatic rings. The number of amides is 2. The van der Waals surface area contributed by atoms with Crippen molar-refractivity contribution in [1.82, 2.24) is 9.80 Å². The average molecular weight is 460 g/mol. The first-order valence-corrected chi connectivity index (χ1v) is 12.1. The molecule has 3 aliphatic rings. The number of hydrogen-bond donors (Lipinski definition) is 1. The summed E-state index contributed by atoms with van der Waals surface area (Å²) in [6, 6.07) is 5.60. The van der Waals surface area contributed by atoms with Crippen LogP contribution in [0.1, 0.15) is 59.3 Å². The van der Waals surface area contributed by atoms with Gasteiger partial charge in [-0.1, -0.05) is 0 Å². The minimum Gasteiger partial charge on any atom is -0.448 e. The van der Waals surface area contributed by atoms with Gasteiger partial charge in [0.2, 0.25) is 5.91 Å². The van der Waals surface area contributed by atoms with Crippen LogP contribution in [0.3, 0.4) is 0 Å². The molecule has 2 aliphatic heterocycles. The van der Waals surface area contributed by atoms with Crippen LogP contribution in [0.15, 0.2) is 18.2 Å². The van der Waals surface area contributed by atoms with Gasteiger partial charge in [0.25, 0.3) is 5.79 Å². The van der Waals surface area contributed by atoms with E-state index in [-0.39, 0.29) is 12.0 Å². The first kappa shape index (κ1) is 23.7. The molecule has 1 N–H and O–H groups in total. The summed E-state index contributed by atoms with van der Waals surface area (Å²) >= 11 is 0. The Bertz CT molecular complexity index is 875. The molecule has 2 amide bonds. The monoisotopic (exact) mass is 459 g/mol. The van der Waals surface area contributed by atoms with Crippen LogP contribution >= 0.6 is 0 Å². The minimum absolute atomic E-state index is 0.0504. The number of benzene rings is 1. The van der Waals surface area contributed by atoms with Gasteiger partial charge in [-0.3, -0.25) is 9.69 Å². The standard InChI is InChI=1S/C25H37N3O5/c1-24(2,3)33-23(30)27(4)15-18-8-7-13-28(16-18)17-22(29)26-19-9-10-20-21(14-19)32-25(31-20)11-5-6-12-25/h9-10,14,18H,5-8,11-13,15-17H2,1-4H3,(H,26,29)/t18-/m0/s1. The molecule has 1 atom stereocenters. The van der Waals surface area contributed by atoms with Crippen molar-refractivity contribution >= 4 is 17.7 Å². The lowest BCUT2D eigenvalue weighted by Crippen LogP contribution is -2.45. The summed E-state index contributed by atoms with van der Waals surface area (Å²) in [4.78, 5) is 28.8. The smallest absolute Gasteiger partial charge is 0.410 e. The molecular weight excluding hydrogens is 422 g/mol. The Morgan fingerprint density at radius 3 is 2.64 bits per heavy atom. The zero-order valence-corrected chi connectivity index (χ0v) is 20.3. The zero-order valence-electron chi connectivity index (χ0n) is 20.3. The van der Waals surface area contributed by atoms with Crippen molar-refractivity contribution in [1.29, 1.82) is 0 Å². The van der Waals surface area contributed by atoms with Crippen LogP contribution < -0.4 is 14.8 Å². The van der Waals surface area contributed by atoms with Crippen molar-refractivity contribution in [2.45, 2.75) is 70.7 Å². The molecule has 1 aromatic carbocycles. The summed E-state index contributed by atoms with van der Waals surface area (Å²) in [6.07, 6.45) is 5.77. The Morgan fingerprint density at radius 1 is 1.18 bits per heavy atom. The molecule has 0 radical (unpaired) electrons. The number of anilines is 1. The second-order valence-corrected chi connectivity index (χ2v) is 10.6. The fourth-order valence-electron chi connectivity index (χ4n) is 4.94. The fraction of sp³-hybridized carbons (Fsp3) is 0.680. The number of carbonyl (C=O) groups excluding carboxylic acids is 2. The number of nitrogens with zero attached hydrogens (tertiary/aromatic N) is 2. The molecule has 0 unspecified atom stereocenters. The molecule has 33 heavy (non-hydrogen) atoms. The molecule has 1 saturated carbocycles. The summed E-state index contributed by atoms with van der Waals surface area (Å²) in [6.45, 7) is 8.21. The number of piperidine rings is 1. The number of ether oxygens (including phenoxy) is 3. The molecule has 1 saturated heterocycles. The van der Waals surface area contributed by atoms with E-state index < -0.39 is 11.4 Å². The van der Waals surface area contributed by atoms with Crippen molar-refractivity contribution in [3.63, 3.8) is 0 Å². The van der Waals surface area contributed by atoms with Crippen LogP contribution in [-0.4, -0.2) is 66.4 Å². The number of rotatable bonds is 5. The van der Waals surface area contributed by atoms with E-state index in [1.54, 1.807) is 11.9 Å². The van der Waals surface area contributed by atoms with E-state index in [1.165, 1.54) is 0 Å². The van der Waals surface area contributed by atoms with Gasteiger partial charge in [-0.15, -0.1) is 0 Å². The summed E-state index contributed by atoms with van der Waals surface area (Å²) in [5.74, 6) is 1.23. The van der Waals surface area contributed by atoms with Crippen LogP contribution in [-0.2, 0) is 9.53 Å². The van der Waals surface area contributed by atoms with Crippen molar-refractivity contribution in [2.75, 3.05) is 38.5 Å². The van der Waals surface area contributed by atoms with E-state index in [9.17, 15) is 9.59 Å². The van der Waals surface area contributed by atoms with E-state index in [0.717, 1.165) is 63.1 Å². The minimum atomic E-state index is -0.506. The van der Waals surface area contributed by atoms with Gasteiger partial charge in [-0.05, 0) is 71.0 Å². The van der Waals surface area contributed by atoms with Gasteiger partial charge in [0, 0.05) is 44.7 Å². The highest BCUT2D eigenvalue weighted by molar-refractivity contribution is 5.92. The summed E-state index contributed by atoms with van der Waals surface area (Å²) in [5, 5.41) is 3.00. The van der Waals surface area contributed by atoms with Crippen LogP contribution in [0, 0.1) is 5.92 Å². The molecule has 0 bridgehead atoms. The Kier molecular flexibility index (Phi) is 6.75. The van der Waals surface area contributed by atoms with Gasteiger partial charge in [-0.25, -0.2) is 4.79 Å². The van der Waals surface area contributed by atoms with Gasteiger partial charge in [0.05, 0.1) is 6.54 Å². The molecule has 8 nitrogen and oxygen atoms in total. The summed E-state index contributed by atoms with van der Waals surface area (Å²) in [7, 11) is 1.77. The molecule has 1 spiro atoms. The van der Waals surface area contributed by atoms with E-state index in [2.05, 4.69) is 10.2 Å². The summed E-state index contributed by atoms with van der Waals surface area (Å²) < 4.78 is 17.6. The Morgan fingerprint density at radius 2 is 1.91 bits per heavy atom. The second kappa shape index (κ2) is 9.41. The highest BCUT2D eigenvalue weighted by Gasteiger charge is 2.44. The van der Waals surface area contributed by atoms with Crippen LogP contribution in [0.5, 0.6) is 11.5 Å². The molecule has 1 aliphatic carbocycles. The van der Waals surface area contributed by atoms with E-state index in [4.69, 9.17) is 14.2 Å². The van der Waals surface area contributed by atoms with Crippen molar-refractivity contribution in [2.24, 2.45) is 5.92 Å². The van der Waals surface area contributed by atoms with Gasteiger partial charge >= 0.3 is 6.09 Å². The largest absolute Gasteiger partial charge is 0.448 e. The second-order valence-electron chi connectivity index (χ2n) is 10.6. The first-order chi connectivity index (χ1) is 15.6. The van der Waals surface area contributed by atoms with E-state index in [0.29, 0.717) is 24.8 Å². The Labute approximate surface area is 196 Å². The van der Waals surface area contributed by atoms with E-state index in [1.807, 2.05) is 39.0 Å². The third kappa shape index (κ3) is 6.10. The van der Waals surface area contributed by atoms with Crippen molar-refractivity contribution < 1.29 is 23.8 Å². The third-order valence-corrected chi connectivity index (χ3v) is 6.39. The Balaban J connectivity index is 1.26. The van der Waals surface area contributed by atoms with Crippen LogP contribution in [0.25, 0.3) is 0 Å². The van der Waals surface area contributed by atoms with Gasteiger partial charge in [-0.2, -0.15) is 0 Å². The first-order valence-electron chi connectivity index (χ1n) is 12.1. The maximum atomic E-state index is 12.7. The number of carbonyl (C=O) groups is 2. The zero-order chi connectivity index (χ0) is 23.6. The highest BCUT2D eigenvalue weighted by Crippen LogP contribution is 2.47. The molecular formula is C25H37N3O5. The van der Waals surface area contributed by atoms with Crippen molar-refractivity contribution in [3.05, 3.63) is 18.2 Å². The number of likely N-dealkylation sites (tertiary alicyclic amines) is 1. The molecule has 2 fully saturated rings. The third-order valence-electron chi connectivity index (χ3n) is 6.39. The van der Waals surface area contributed by atoms with Gasteiger partial charge in [0.1, 0.15) is 5.60 Å². The number of hydrogen-bond acceptors (Lipinski definition) is 6. The predicted molar refractivity (Wildman–Crippen MR) is 126 cm³/mol. The van der Waals surface area contributed by atoms with Crippen molar-refractivity contribution in [3.8, 4) is 11.5 Å². The normalized spacial score (nSPS) is 21.8. The lowest BCUT2D eigenvalue weighted by atomic mass is 9.97. The SMILES string of the molecule is CN(C[C@@H]1CCCN(CC(=O)Nc2ccc3c(c2)OC2(CCCC2)O3)C1)C(=O)OC(C)(C)C. The molecule has 2 heterocycles. The maximum absolute atomic E-state index is 12.7.